The van der Waals surface area contributed by atoms with Crippen molar-refractivity contribution in [3.8, 4) is 6.07 Å². The summed E-state index contributed by atoms with van der Waals surface area (Å²) >= 11 is 0. The van der Waals surface area contributed by atoms with E-state index in [9.17, 15) is 8.42 Å². The van der Waals surface area contributed by atoms with E-state index in [4.69, 9.17) is 11.0 Å². The maximum absolute atomic E-state index is 11.1. The van der Waals surface area contributed by atoms with Crippen LogP contribution in [-0.4, -0.2) is 20.7 Å². The molecule has 0 aliphatic rings. The van der Waals surface area contributed by atoms with Gasteiger partial charge in [-0.05, 0) is 17.7 Å². The summed E-state index contributed by atoms with van der Waals surface area (Å²) in [4.78, 5) is 0.275. The number of rotatable bonds is 3. The molecule has 0 aliphatic carbocycles. The van der Waals surface area contributed by atoms with Crippen LogP contribution in [0.2, 0.25) is 0 Å². The standard InChI is InChI=1S/C10H12N2O2S/c1-15(13,14)10-4-2-8(3-5-10)6-9(12)7-11/h2-5,9H,6,12H2,1H3. The molecule has 1 unspecified atom stereocenters. The zero-order valence-electron chi connectivity index (χ0n) is 8.34. The summed E-state index contributed by atoms with van der Waals surface area (Å²) in [6, 6.07) is 7.76. The molecule has 1 atom stereocenters. The Bertz CT molecular complexity index is 471. The summed E-state index contributed by atoms with van der Waals surface area (Å²) < 4.78 is 22.3. The fraction of sp³-hybridized carbons (Fsp3) is 0.300. The second-order valence-corrected chi connectivity index (χ2v) is 5.37. The van der Waals surface area contributed by atoms with Crippen molar-refractivity contribution in [3.63, 3.8) is 0 Å². The molecule has 0 saturated carbocycles. The molecule has 0 radical (unpaired) electrons. The van der Waals surface area contributed by atoms with E-state index < -0.39 is 15.9 Å². The Hall–Kier alpha value is -1.38. The first-order valence-electron chi connectivity index (χ1n) is 4.37. The van der Waals surface area contributed by atoms with Gasteiger partial charge in [0, 0.05) is 12.7 Å². The van der Waals surface area contributed by atoms with Crippen molar-refractivity contribution in [2.24, 2.45) is 5.73 Å². The Morgan fingerprint density at radius 3 is 2.33 bits per heavy atom. The average molecular weight is 224 g/mol. The third kappa shape index (κ3) is 3.35. The molecule has 2 N–H and O–H groups in total. The third-order valence-electron chi connectivity index (χ3n) is 1.97. The highest BCUT2D eigenvalue weighted by Gasteiger charge is 2.07. The van der Waals surface area contributed by atoms with Gasteiger partial charge in [0.05, 0.1) is 17.0 Å². The van der Waals surface area contributed by atoms with Crippen molar-refractivity contribution in [3.05, 3.63) is 29.8 Å². The molecule has 0 bridgehead atoms. The Morgan fingerprint density at radius 2 is 1.93 bits per heavy atom. The molecule has 0 saturated heterocycles. The number of nitrogens with two attached hydrogens (primary N) is 1. The molecule has 80 valence electrons. The van der Waals surface area contributed by atoms with Crippen molar-refractivity contribution < 1.29 is 8.42 Å². The van der Waals surface area contributed by atoms with Crippen LogP contribution in [0.5, 0.6) is 0 Å². The molecule has 0 spiro atoms. The van der Waals surface area contributed by atoms with Crippen LogP contribution in [0.4, 0.5) is 0 Å². The summed E-state index contributed by atoms with van der Waals surface area (Å²) in [7, 11) is -3.15. The smallest absolute Gasteiger partial charge is 0.175 e. The topological polar surface area (TPSA) is 83.9 Å². The molecule has 1 aromatic rings. The van der Waals surface area contributed by atoms with Gasteiger partial charge in [0.1, 0.15) is 0 Å². The average Bonchev–Trinajstić information content (AvgIpc) is 2.17. The van der Waals surface area contributed by atoms with E-state index in [1.54, 1.807) is 12.1 Å². The van der Waals surface area contributed by atoms with Crippen molar-refractivity contribution in [1.82, 2.24) is 0 Å². The Kier molecular flexibility index (Phi) is 3.45. The molecule has 0 amide bonds. The number of sulfone groups is 1. The number of hydrogen-bond donors (Lipinski definition) is 1. The summed E-state index contributed by atoms with van der Waals surface area (Å²) in [5.74, 6) is 0. The molecule has 1 aromatic carbocycles. The fourth-order valence-corrected chi connectivity index (χ4v) is 1.80. The maximum atomic E-state index is 11.1. The van der Waals surface area contributed by atoms with Crippen molar-refractivity contribution in [1.29, 1.82) is 5.26 Å². The second kappa shape index (κ2) is 4.43. The van der Waals surface area contributed by atoms with E-state index in [1.807, 2.05) is 6.07 Å². The molecule has 15 heavy (non-hydrogen) atoms. The fourth-order valence-electron chi connectivity index (χ4n) is 1.17. The minimum atomic E-state index is -3.15. The van der Waals surface area contributed by atoms with Crippen molar-refractivity contribution >= 4 is 9.84 Å². The lowest BCUT2D eigenvalue weighted by atomic mass is 10.1. The number of hydrogen-bond acceptors (Lipinski definition) is 4. The van der Waals surface area contributed by atoms with Crippen LogP contribution in [0.3, 0.4) is 0 Å². The normalized spacial score (nSPS) is 13.1. The second-order valence-electron chi connectivity index (χ2n) is 3.36. The van der Waals surface area contributed by atoms with Crippen LogP contribution in [0, 0.1) is 11.3 Å². The lowest BCUT2D eigenvalue weighted by Gasteiger charge is -2.03. The number of nitrogens with zero attached hydrogens (tertiary/aromatic N) is 1. The van der Waals surface area contributed by atoms with Gasteiger partial charge in [-0.25, -0.2) is 8.42 Å². The summed E-state index contributed by atoms with van der Waals surface area (Å²) in [6.07, 6.45) is 1.59. The lowest BCUT2D eigenvalue weighted by molar-refractivity contribution is 0.602. The Balaban J connectivity index is 2.88. The monoisotopic (exact) mass is 224 g/mol. The molecular weight excluding hydrogens is 212 g/mol. The zero-order chi connectivity index (χ0) is 11.5. The van der Waals surface area contributed by atoms with Gasteiger partial charge in [0.15, 0.2) is 9.84 Å². The zero-order valence-corrected chi connectivity index (χ0v) is 9.16. The van der Waals surface area contributed by atoms with Gasteiger partial charge in [-0.2, -0.15) is 5.26 Å². The first-order chi connectivity index (χ1) is 6.93. The third-order valence-corrected chi connectivity index (χ3v) is 3.10. The molecule has 4 nitrogen and oxygen atoms in total. The van der Waals surface area contributed by atoms with Crippen molar-refractivity contribution in [2.75, 3.05) is 6.26 Å². The maximum Gasteiger partial charge on any atom is 0.175 e. The highest BCUT2D eigenvalue weighted by molar-refractivity contribution is 7.90. The molecule has 0 aromatic heterocycles. The summed E-state index contributed by atoms with van der Waals surface area (Å²) in [6.45, 7) is 0. The van der Waals surface area contributed by atoms with Crippen molar-refractivity contribution in [2.45, 2.75) is 17.4 Å². The lowest BCUT2D eigenvalue weighted by Crippen LogP contribution is -2.20. The predicted octanol–water partition coefficient (Wildman–Crippen LogP) is 0.483. The quantitative estimate of drug-likeness (QED) is 0.809. The summed E-state index contributed by atoms with van der Waals surface area (Å²) in [5.41, 5.74) is 6.31. The van der Waals surface area contributed by atoms with E-state index in [0.717, 1.165) is 11.8 Å². The van der Waals surface area contributed by atoms with Crippen LogP contribution in [-0.2, 0) is 16.3 Å². The minimum absolute atomic E-state index is 0.275. The van der Waals surface area contributed by atoms with Crippen LogP contribution in [0.15, 0.2) is 29.2 Å². The Labute approximate surface area is 89.2 Å². The molecule has 0 fully saturated rings. The first kappa shape index (κ1) is 11.7. The minimum Gasteiger partial charge on any atom is -0.316 e. The number of benzene rings is 1. The molecule has 1 rings (SSSR count). The number of nitriles is 1. The van der Waals surface area contributed by atoms with E-state index in [0.29, 0.717) is 6.42 Å². The summed E-state index contributed by atoms with van der Waals surface area (Å²) in [5, 5.41) is 8.51. The Morgan fingerprint density at radius 1 is 1.40 bits per heavy atom. The largest absolute Gasteiger partial charge is 0.316 e. The molecule has 0 aliphatic heterocycles. The van der Waals surface area contributed by atoms with Crippen LogP contribution in [0.25, 0.3) is 0 Å². The molecular formula is C10H12N2O2S. The van der Waals surface area contributed by atoms with Crippen LogP contribution >= 0.6 is 0 Å². The highest BCUT2D eigenvalue weighted by Crippen LogP contribution is 2.11. The SMILES string of the molecule is CS(=O)(=O)c1ccc(CC(N)C#N)cc1. The van der Waals surface area contributed by atoms with Gasteiger partial charge in [-0.15, -0.1) is 0 Å². The van der Waals surface area contributed by atoms with Gasteiger partial charge in [-0.3, -0.25) is 0 Å². The van der Waals surface area contributed by atoms with Gasteiger partial charge in [0.2, 0.25) is 0 Å². The van der Waals surface area contributed by atoms with Crippen LogP contribution < -0.4 is 5.73 Å². The van der Waals surface area contributed by atoms with E-state index in [2.05, 4.69) is 0 Å². The van der Waals surface area contributed by atoms with Gasteiger partial charge >= 0.3 is 0 Å². The highest BCUT2D eigenvalue weighted by atomic mass is 32.2. The molecule has 5 heteroatoms. The van der Waals surface area contributed by atoms with Gasteiger partial charge < -0.3 is 5.73 Å². The first-order valence-corrected chi connectivity index (χ1v) is 6.27. The van der Waals surface area contributed by atoms with Gasteiger partial charge in [-0.1, -0.05) is 12.1 Å². The van der Waals surface area contributed by atoms with Crippen LogP contribution in [0.1, 0.15) is 5.56 Å². The molecule has 0 heterocycles. The van der Waals surface area contributed by atoms with E-state index >= 15 is 0 Å². The van der Waals surface area contributed by atoms with Gasteiger partial charge in [0.25, 0.3) is 0 Å². The van der Waals surface area contributed by atoms with E-state index in [1.165, 1.54) is 12.1 Å². The predicted molar refractivity (Wildman–Crippen MR) is 56.8 cm³/mol. The van der Waals surface area contributed by atoms with E-state index in [-0.39, 0.29) is 4.90 Å².